The molecule has 1 N–H and O–H groups in total. The molecular weight excluding hydrogens is 854 g/mol. The summed E-state index contributed by atoms with van der Waals surface area (Å²) in [4.78, 5) is 54.4. The lowest BCUT2D eigenvalue weighted by Gasteiger charge is -2.50. The number of phenolic OH excluding ortho intramolecular Hbond substituents is 1. The Kier molecular flexibility index (Phi) is 9.30. The monoisotopic (exact) mass is 872 g/mol. The Morgan fingerprint density at radius 2 is 1.50 bits per heavy atom. The number of aromatic nitrogens is 1. The SMILES string of the molecule is COc1cc([C@H]2C3=CC[C@@H]4C(=O)N(N(C)c5nc(C(F)(F)F)ccc5Cl)C(=O)[C@@H]4[C@@H]3C[C@@]3(Cl)C(=O)N(c4c(F)c(F)c(F)c(F)c4F)C(=O)[C@@]23Cl)cc(Cl)c1O. The fourth-order valence-electron chi connectivity index (χ4n) is 8.05. The summed E-state index contributed by atoms with van der Waals surface area (Å²) >= 11 is 26.6. The Morgan fingerprint density at radius 1 is 0.893 bits per heavy atom. The van der Waals surface area contributed by atoms with E-state index in [1.807, 2.05) is 0 Å². The van der Waals surface area contributed by atoms with Gasteiger partial charge in [-0.2, -0.15) is 18.2 Å². The Bertz CT molecular complexity index is 2320. The number of carbonyl (C=O) groups is 4. The van der Waals surface area contributed by atoms with E-state index in [2.05, 4.69) is 4.98 Å². The zero-order chi connectivity index (χ0) is 41.3. The van der Waals surface area contributed by atoms with Crippen LogP contribution in [-0.4, -0.2) is 62.6 Å². The highest BCUT2D eigenvalue weighted by Gasteiger charge is 2.77. The molecule has 2 saturated heterocycles. The lowest BCUT2D eigenvalue weighted by Crippen LogP contribution is -2.60. The average molecular weight is 874 g/mol. The molecule has 3 heterocycles. The summed E-state index contributed by atoms with van der Waals surface area (Å²) in [5.41, 5.74) is -3.55. The number of anilines is 2. The smallest absolute Gasteiger partial charge is 0.433 e. The maximum atomic E-state index is 15.3. The van der Waals surface area contributed by atoms with Gasteiger partial charge < -0.3 is 9.84 Å². The molecule has 4 amide bonds. The van der Waals surface area contributed by atoms with Gasteiger partial charge in [0.15, 0.2) is 50.3 Å². The number of pyridine rings is 1. The van der Waals surface area contributed by atoms with Gasteiger partial charge in [0.1, 0.15) is 11.4 Å². The topological polar surface area (TPSA) is 120 Å². The first kappa shape index (κ1) is 39.8. The minimum atomic E-state index is -4.96. The van der Waals surface area contributed by atoms with Crippen molar-refractivity contribution < 1.29 is 64.1 Å². The van der Waals surface area contributed by atoms with Crippen LogP contribution in [-0.2, 0) is 25.4 Å². The number of rotatable bonds is 5. The lowest BCUT2D eigenvalue weighted by atomic mass is 9.56. The van der Waals surface area contributed by atoms with E-state index >= 15 is 8.78 Å². The fraction of sp³-hybridized carbons (Fsp3) is 0.324. The van der Waals surface area contributed by atoms with Gasteiger partial charge >= 0.3 is 6.18 Å². The first-order chi connectivity index (χ1) is 26.0. The molecule has 296 valence electrons. The third-order valence-electron chi connectivity index (χ3n) is 10.5. The minimum absolute atomic E-state index is 0.0163. The zero-order valence-electron chi connectivity index (χ0n) is 27.9. The molecule has 0 unspecified atom stereocenters. The largest absolute Gasteiger partial charge is 0.503 e. The number of fused-ring (bicyclic) bond motifs is 4. The van der Waals surface area contributed by atoms with E-state index in [0.717, 1.165) is 32.4 Å². The average Bonchev–Trinajstić information content (AvgIpc) is 3.48. The molecule has 7 rings (SSSR count). The second-order valence-corrected chi connectivity index (χ2v) is 15.3. The van der Waals surface area contributed by atoms with Gasteiger partial charge in [0.2, 0.25) is 5.82 Å². The number of nitrogens with zero attached hydrogens (tertiary/aromatic N) is 4. The number of imide groups is 2. The van der Waals surface area contributed by atoms with Crippen molar-refractivity contribution >= 4 is 81.5 Å². The van der Waals surface area contributed by atoms with Crippen molar-refractivity contribution in [1.29, 1.82) is 0 Å². The predicted molar refractivity (Wildman–Crippen MR) is 181 cm³/mol. The molecule has 4 aliphatic rings. The molecule has 10 nitrogen and oxygen atoms in total. The van der Waals surface area contributed by atoms with Crippen LogP contribution in [0.4, 0.5) is 46.6 Å². The number of aromatic hydroxyl groups is 1. The molecule has 2 aromatic carbocycles. The molecule has 1 aromatic heterocycles. The van der Waals surface area contributed by atoms with Gasteiger partial charge in [-0.3, -0.25) is 24.2 Å². The van der Waals surface area contributed by atoms with Gasteiger partial charge in [0.05, 0.1) is 29.0 Å². The Morgan fingerprint density at radius 3 is 2.09 bits per heavy atom. The first-order valence-corrected chi connectivity index (χ1v) is 17.4. The number of amides is 4. The van der Waals surface area contributed by atoms with Crippen LogP contribution in [0.25, 0.3) is 0 Å². The molecule has 0 bridgehead atoms. The van der Waals surface area contributed by atoms with Crippen molar-refractivity contribution in [3.8, 4) is 11.5 Å². The number of halogens is 12. The maximum absolute atomic E-state index is 15.3. The van der Waals surface area contributed by atoms with Crippen LogP contribution in [0.5, 0.6) is 11.5 Å². The van der Waals surface area contributed by atoms with E-state index in [-0.39, 0.29) is 33.2 Å². The number of methoxy groups -OCH3 is 1. The summed E-state index contributed by atoms with van der Waals surface area (Å²) in [7, 11) is 2.15. The highest BCUT2D eigenvalue weighted by atomic mass is 35.5. The van der Waals surface area contributed by atoms with Crippen LogP contribution in [0.15, 0.2) is 35.9 Å². The Hall–Kier alpha value is -4.39. The van der Waals surface area contributed by atoms with Gasteiger partial charge in [-0.25, -0.2) is 31.8 Å². The number of allylic oxidation sites excluding steroid dienone is 2. The van der Waals surface area contributed by atoms with Crippen LogP contribution in [0.1, 0.15) is 30.0 Å². The minimum Gasteiger partial charge on any atom is -0.503 e. The van der Waals surface area contributed by atoms with E-state index in [4.69, 9.17) is 51.1 Å². The van der Waals surface area contributed by atoms with Gasteiger partial charge in [0.25, 0.3) is 23.6 Å². The third-order valence-corrected chi connectivity index (χ3v) is 12.5. The Balaban J connectivity index is 1.41. The predicted octanol–water partition coefficient (Wildman–Crippen LogP) is 7.43. The number of alkyl halides is 5. The van der Waals surface area contributed by atoms with Gasteiger partial charge in [0, 0.05) is 13.0 Å². The maximum Gasteiger partial charge on any atom is 0.433 e. The van der Waals surface area contributed by atoms with Crippen LogP contribution in [0.2, 0.25) is 10.0 Å². The van der Waals surface area contributed by atoms with Crippen molar-refractivity contribution in [3.63, 3.8) is 0 Å². The van der Waals surface area contributed by atoms with Gasteiger partial charge in [-0.1, -0.05) is 34.9 Å². The number of carbonyl (C=O) groups excluding carboxylic acids is 4. The van der Waals surface area contributed by atoms with Crippen molar-refractivity contribution in [2.24, 2.45) is 17.8 Å². The van der Waals surface area contributed by atoms with E-state index in [1.54, 1.807) is 0 Å². The molecule has 56 heavy (non-hydrogen) atoms. The molecule has 0 radical (unpaired) electrons. The normalized spacial score (nSPS) is 27.4. The molecule has 1 saturated carbocycles. The van der Waals surface area contributed by atoms with E-state index in [9.17, 15) is 50.6 Å². The standard InChI is InChI=1S/C34H20Cl4F8N4O6/c1-48(27-14(35)5-6-17(47-27)34(44,45)46)50-28(52)12-4-3-11-13(18(12)29(50)53)9-32(37)30(54)49(25-23(42)21(40)20(39)22(41)24(25)43)31(55)33(32,38)19(11)10-7-15(36)26(51)16(8-10)56-2/h3,5-8,12-13,18-19,51H,4,9H2,1-2H3/t12-,13+,18-,19-,32+,33-/m0/s1. The van der Waals surface area contributed by atoms with Crippen molar-refractivity contribution in [2.45, 2.75) is 34.7 Å². The number of hydrogen-bond acceptors (Lipinski definition) is 8. The molecule has 0 spiro atoms. The number of ether oxygens (including phenoxy) is 1. The summed E-state index contributed by atoms with van der Waals surface area (Å²) < 4.78 is 120. The second-order valence-electron chi connectivity index (χ2n) is 13.3. The third kappa shape index (κ3) is 5.24. The molecule has 22 heteroatoms. The molecular formula is C34H20Cl4F8N4O6. The van der Waals surface area contributed by atoms with E-state index < -0.39 is 127 Å². The molecule has 6 atom stereocenters. The van der Waals surface area contributed by atoms with Crippen molar-refractivity contribution in [3.05, 3.63) is 86.3 Å². The quantitative estimate of drug-likeness (QED) is 0.0703. The highest BCUT2D eigenvalue weighted by Crippen LogP contribution is 2.66. The number of benzene rings is 2. The Labute approximate surface area is 329 Å². The number of hydrazine groups is 1. The van der Waals surface area contributed by atoms with Gasteiger partial charge in [-0.05, 0) is 48.6 Å². The van der Waals surface area contributed by atoms with E-state index in [0.29, 0.717) is 16.1 Å². The summed E-state index contributed by atoms with van der Waals surface area (Å²) in [5.74, 6) is -25.9. The van der Waals surface area contributed by atoms with Crippen molar-refractivity contribution in [1.82, 2.24) is 9.99 Å². The fourth-order valence-corrected chi connectivity index (χ4v) is 9.43. The van der Waals surface area contributed by atoms with E-state index in [1.165, 1.54) is 6.08 Å². The molecule has 2 aliphatic heterocycles. The number of phenols is 1. The van der Waals surface area contributed by atoms with Crippen LogP contribution in [0.3, 0.4) is 0 Å². The lowest BCUT2D eigenvalue weighted by molar-refractivity contribution is -0.141. The van der Waals surface area contributed by atoms with Crippen LogP contribution >= 0.6 is 46.4 Å². The summed E-state index contributed by atoms with van der Waals surface area (Å²) in [5, 5.41) is 10.9. The number of hydrogen-bond donors (Lipinski definition) is 1. The molecule has 3 aromatic rings. The highest BCUT2D eigenvalue weighted by molar-refractivity contribution is 6.58. The molecule has 3 fully saturated rings. The van der Waals surface area contributed by atoms with Crippen molar-refractivity contribution in [2.75, 3.05) is 24.1 Å². The first-order valence-electron chi connectivity index (χ1n) is 15.9. The van der Waals surface area contributed by atoms with Crippen LogP contribution < -0.4 is 14.6 Å². The zero-order valence-corrected chi connectivity index (χ0v) is 30.9. The van der Waals surface area contributed by atoms with Gasteiger partial charge in [-0.15, -0.1) is 23.2 Å². The summed E-state index contributed by atoms with van der Waals surface area (Å²) in [6.07, 6.45) is -4.77. The summed E-state index contributed by atoms with van der Waals surface area (Å²) in [6, 6.07) is 3.58. The molecule has 2 aliphatic carbocycles. The summed E-state index contributed by atoms with van der Waals surface area (Å²) in [6.45, 7) is 0. The van der Waals surface area contributed by atoms with Crippen LogP contribution in [0, 0.1) is 46.8 Å². The second kappa shape index (κ2) is 13.1.